The number of hydrogen-bond donors (Lipinski definition) is 2. The van der Waals surface area contributed by atoms with Crippen LogP contribution in [0, 0.1) is 0 Å². The Kier molecular flexibility index (Phi) is 5.96. The number of nitrogens with one attached hydrogen (secondary N) is 1. The average Bonchev–Trinajstić information content (AvgIpc) is 2.30. The van der Waals surface area contributed by atoms with Crippen molar-refractivity contribution >= 4 is 0 Å². The lowest BCUT2D eigenvalue weighted by atomic mass is 10.1. The van der Waals surface area contributed by atoms with Crippen LogP contribution in [-0.2, 0) is 22.7 Å². The Balaban J connectivity index is 2.20. The van der Waals surface area contributed by atoms with Crippen LogP contribution in [-0.4, -0.2) is 25.4 Å². The number of methoxy groups -OCH3 is 1. The molecule has 0 radical (unpaired) electrons. The minimum absolute atomic E-state index is 0.0814. The third-order valence-corrected chi connectivity index (χ3v) is 1.97. The zero-order valence-electron chi connectivity index (χ0n) is 8.90. The summed E-state index contributed by atoms with van der Waals surface area (Å²) in [7, 11) is 1.64. The van der Waals surface area contributed by atoms with Crippen LogP contribution < -0.4 is 5.48 Å². The van der Waals surface area contributed by atoms with Gasteiger partial charge in [-0.2, -0.15) is 5.48 Å². The number of ether oxygens (including phenoxy) is 1. The maximum absolute atomic E-state index is 8.85. The first-order valence-corrected chi connectivity index (χ1v) is 4.89. The molecule has 1 aromatic rings. The predicted octanol–water partition coefficient (Wildman–Crippen LogP) is 0.846. The van der Waals surface area contributed by atoms with Gasteiger partial charge >= 0.3 is 0 Å². The number of benzene rings is 1. The van der Waals surface area contributed by atoms with E-state index in [1.807, 2.05) is 24.3 Å². The second kappa shape index (κ2) is 7.36. The first kappa shape index (κ1) is 12.1. The van der Waals surface area contributed by atoms with Crippen LogP contribution in [0.3, 0.4) is 0 Å². The molecular weight excluding hydrogens is 194 g/mol. The van der Waals surface area contributed by atoms with E-state index in [1.54, 1.807) is 7.11 Å². The van der Waals surface area contributed by atoms with Crippen LogP contribution in [0.15, 0.2) is 24.3 Å². The summed E-state index contributed by atoms with van der Waals surface area (Å²) in [6.45, 7) is 1.84. The molecule has 84 valence electrons. The maximum Gasteiger partial charge on any atom is 0.0916 e. The van der Waals surface area contributed by atoms with Crippen molar-refractivity contribution in [2.75, 3.05) is 20.3 Å². The molecule has 1 aromatic carbocycles. The van der Waals surface area contributed by atoms with Crippen LogP contribution in [0.1, 0.15) is 11.1 Å². The van der Waals surface area contributed by atoms with Gasteiger partial charge in [0.15, 0.2) is 0 Å². The van der Waals surface area contributed by atoms with Gasteiger partial charge in [-0.3, -0.25) is 4.84 Å². The second-order valence-corrected chi connectivity index (χ2v) is 3.14. The second-order valence-electron chi connectivity index (χ2n) is 3.14. The topological polar surface area (TPSA) is 50.7 Å². The van der Waals surface area contributed by atoms with E-state index >= 15 is 0 Å². The van der Waals surface area contributed by atoms with Crippen molar-refractivity contribution < 1.29 is 14.7 Å². The summed E-state index contributed by atoms with van der Waals surface area (Å²) in [4.78, 5) is 5.11. The Bertz CT molecular complexity index is 261. The molecule has 0 unspecified atom stereocenters. The van der Waals surface area contributed by atoms with Crippen LogP contribution in [0.5, 0.6) is 0 Å². The molecule has 0 aliphatic heterocycles. The molecule has 0 aromatic heterocycles. The number of rotatable bonds is 7. The van der Waals surface area contributed by atoms with Crippen LogP contribution in [0.4, 0.5) is 0 Å². The summed E-state index contributed by atoms with van der Waals surface area (Å²) >= 11 is 0. The zero-order chi connectivity index (χ0) is 10.9. The molecule has 0 aliphatic carbocycles. The van der Waals surface area contributed by atoms with E-state index in [9.17, 15) is 0 Å². The van der Waals surface area contributed by atoms with Crippen molar-refractivity contribution in [3.05, 3.63) is 35.4 Å². The van der Waals surface area contributed by atoms with Gasteiger partial charge in [0.25, 0.3) is 0 Å². The highest BCUT2D eigenvalue weighted by molar-refractivity contribution is 5.21. The third kappa shape index (κ3) is 4.90. The van der Waals surface area contributed by atoms with Crippen molar-refractivity contribution in [2.24, 2.45) is 0 Å². The van der Waals surface area contributed by atoms with Gasteiger partial charge < -0.3 is 9.84 Å². The van der Waals surface area contributed by atoms with E-state index in [4.69, 9.17) is 14.7 Å². The summed E-state index contributed by atoms with van der Waals surface area (Å²) in [6, 6.07) is 7.70. The zero-order valence-corrected chi connectivity index (χ0v) is 8.90. The minimum Gasteiger partial charge on any atom is -0.392 e. The van der Waals surface area contributed by atoms with E-state index in [0.29, 0.717) is 19.8 Å². The first-order chi connectivity index (χ1) is 7.36. The highest BCUT2D eigenvalue weighted by Gasteiger charge is 1.93. The SMILES string of the molecule is COCCONCc1ccc(CO)cc1. The number of hydroxylamine groups is 1. The summed E-state index contributed by atoms with van der Waals surface area (Å²) in [5.74, 6) is 0. The van der Waals surface area contributed by atoms with Crippen molar-refractivity contribution in [3.8, 4) is 0 Å². The highest BCUT2D eigenvalue weighted by Crippen LogP contribution is 2.03. The largest absolute Gasteiger partial charge is 0.392 e. The van der Waals surface area contributed by atoms with E-state index in [2.05, 4.69) is 5.48 Å². The van der Waals surface area contributed by atoms with Gasteiger partial charge in [-0.25, -0.2) is 0 Å². The van der Waals surface area contributed by atoms with Crippen molar-refractivity contribution in [1.82, 2.24) is 5.48 Å². The highest BCUT2D eigenvalue weighted by atomic mass is 16.7. The molecule has 0 bridgehead atoms. The van der Waals surface area contributed by atoms with Gasteiger partial charge in [-0.1, -0.05) is 24.3 Å². The molecule has 1 rings (SSSR count). The maximum atomic E-state index is 8.85. The molecule has 4 heteroatoms. The normalized spacial score (nSPS) is 10.5. The van der Waals surface area contributed by atoms with Gasteiger partial charge in [-0.05, 0) is 11.1 Å². The Labute approximate surface area is 89.8 Å². The van der Waals surface area contributed by atoms with E-state index in [0.717, 1.165) is 11.1 Å². The molecule has 0 fully saturated rings. The molecule has 0 aliphatic rings. The van der Waals surface area contributed by atoms with Crippen molar-refractivity contribution in [3.63, 3.8) is 0 Å². The summed E-state index contributed by atoms with van der Waals surface area (Å²) in [5.41, 5.74) is 4.86. The molecule has 2 N–H and O–H groups in total. The first-order valence-electron chi connectivity index (χ1n) is 4.89. The van der Waals surface area contributed by atoms with Gasteiger partial charge in [0, 0.05) is 13.7 Å². The lowest BCUT2D eigenvalue weighted by Crippen LogP contribution is -2.17. The quantitative estimate of drug-likeness (QED) is 0.518. The Hall–Kier alpha value is -0.940. The van der Waals surface area contributed by atoms with E-state index in [-0.39, 0.29) is 6.61 Å². The van der Waals surface area contributed by atoms with Gasteiger partial charge in [0.2, 0.25) is 0 Å². The molecule has 0 saturated carbocycles. The average molecular weight is 211 g/mol. The van der Waals surface area contributed by atoms with Gasteiger partial charge in [-0.15, -0.1) is 0 Å². The fourth-order valence-electron chi connectivity index (χ4n) is 1.09. The minimum atomic E-state index is 0.0814. The molecule has 15 heavy (non-hydrogen) atoms. The number of aliphatic hydroxyl groups excluding tert-OH is 1. The lowest BCUT2D eigenvalue weighted by molar-refractivity contribution is 0.00346. The standard InChI is InChI=1S/C11H17NO3/c1-14-6-7-15-12-8-10-2-4-11(9-13)5-3-10/h2-5,12-13H,6-9H2,1H3. The third-order valence-electron chi connectivity index (χ3n) is 1.97. The molecule has 0 amide bonds. The Morgan fingerprint density at radius 2 is 1.80 bits per heavy atom. The molecule has 0 saturated heterocycles. The smallest absolute Gasteiger partial charge is 0.0916 e. The monoisotopic (exact) mass is 211 g/mol. The van der Waals surface area contributed by atoms with E-state index < -0.39 is 0 Å². The predicted molar refractivity (Wildman–Crippen MR) is 57.0 cm³/mol. The van der Waals surface area contributed by atoms with Crippen LogP contribution in [0.2, 0.25) is 0 Å². The van der Waals surface area contributed by atoms with Gasteiger partial charge in [0.05, 0.1) is 19.8 Å². The molecule has 0 spiro atoms. The summed E-state index contributed by atoms with van der Waals surface area (Å²) in [6.07, 6.45) is 0. The number of hydrogen-bond acceptors (Lipinski definition) is 4. The van der Waals surface area contributed by atoms with Crippen LogP contribution >= 0.6 is 0 Å². The fraction of sp³-hybridized carbons (Fsp3) is 0.455. The van der Waals surface area contributed by atoms with Crippen LogP contribution in [0.25, 0.3) is 0 Å². The van der Waals surface area contributed by atoms with E-state index in [1.165, 1.54) is 0 Å². The Morgan fingerprint density at radius 3 is 2.40 bits per heavy atom. The van der Waals surface area contributed by atoms with Crippen molar-refractivity contribution in [1.29, 1.82) is 0 Å². The Morgan fingerprint density at radius 1 is 1.13 bits per heavy atom. The molecular formula is C11H17NO3. The van der Waals surface area contributed by atoms with Crippen molar-refractivity contribution in [2.45, 2.75) is 13.2 Å². The molecule has 0 heterocycles. The number of aliphatic hydroxyl groups is 1. The molecule has 0 atom stereocenters. The van der Waals surface area contributed by atoms with Gasteiger partial charge in [0.1, 0.15) is 0 Å². The fourth-order valence-corrected chi connectivity index (χ4v) is 1.09. The summed E-state index contributed by atoms with van der Waals surface area (Å²) < 4.78 is 4.83. The summed E-state index contributed by atoms with van der Waals surface area (Å²) in [5, 5.41) is 8.85. The lowest BCUT2D eigenvalue weighted by Gasteiger charge is -2.05. The molecule has 4 nitrogen and oxygen atoms in total.